The van der Waals surface area contributed by atoms with Crippen LogP contribution in [0.25, 0.3) is 10.2 Å². The smallest absolute Gasteiger partial charge is 0.205 e. The molecule has 0 aliphatic rings. The Balaban J connectivity index is 2.10. The number of benzene rings is 1. The molecule has 0 saturated carbocycles. The molecule has 5 nitrogen and oxygen atoms in total. The Bertz CT molecular complexity index is 869. The summed E-state index contributed by atoms with van der Waals surface area (Å²) >= 11 is 1.32. The normalized spacial score (nSPS) is 10.7. The number of fused-ring (bicyclic) bond motifs is 1. The van der Waals surface area contributed by atoms with Gasteiger partial charge in [-0.2, -0.15) is 0 Å². The Hall–Kier alpha value is -2.60. The number of aromatic nitrogens is 1. The lowest BCUT2D eigenvalue weighted by Crippen LogP contribution is -2.09. The molecule has 1 aromatic carbocycles. The average Bonchev–Trinajstić information content (AvgIpc) is 2.91. The van der Waals surface area contributed by atoms with E-state index in [1.165, 1.54) is 11.3 Å². The number of hydrogen-bond acceptors (Lipinski definition) is 6. The molecule has 3 aromatic rings. The van der Waals surface area contributed by atoms with E-state index < -0.39 is 0 Å². The van der Waals surface area contributed by atoms with Gasteiger partial charge in [0.2, 0.25) is 5.78 Å². The summed E-state index contributed by atoms with van der Waals surface area (Å²) in [5.74, 6) is 0.611. The molecule has 0 radical (unpaired) electrons. The van der Waals surface area contributed by atoms with Gasteiger partial charge >= 0.3 is 0 Å². The molecule has 0 aliphatic carbocycles. The number of pyridine rings is 1. The van der Waals surface area contributed by atoms with Crippen molar-refractivity contribution >= 4 is 38.7 Å². The number of ketones is 1. The van der Waals surface area contributed by atoms with E-state index in [1.54, 1.807) is 37.6 Å². The van der Waals surface area contributed by atoms with Crippen molar-refractivity contribution in [3.05, 3.63) is 47.0 Å². The second-order valence-corrected chi connectivity index (χ2v) is 6.31. The molecule has 3 rings (SSSR count). The van der Waals surface area contributed by atoms with Crippen molar-refractivity contribution in [1.82, 2.24) is 4.98 Å². The first-order valence-electron chi connectivity index (χ1n) is 7.06. The molecule has 0 spiro atoms. The van der Waals surface area contributed by atoms with E-state index in [-0.39, 0.29) is 5.78 Å². The van der Waals surface area contributed by atoms with Crippen LogP contribution in [-0.2, 0) is 0 Å². The lowest BCUT2D eigenvalue weighted by molar-refractivity contribution is 0.104. The molecular weight excluding hydrogens is 310 g/mol. The maximum Gasteiger partial charge on any atom is 0.205 e. The Labute approximate surface area is 138 Å². The van der Waals surface area contributed by atoms with Gasteiger partial charge in [0, 0.05) is 25.9 Å². The zero-order valence-electron chi connectivity index (χ0n) is 13.2. The minimum atomic E-state index is -0.0992. The Morgan fingerprint density at radius 1 is 1.22 bits per heavy atom. The molecule has 0 amide bonds. The van der Waals surface area contributed by atoms with Crippen molar-refractivity contribution in [2.24, 2.45) is 0 Å². The SMILES string of the molecule is COc1ccc(C(=O)c2sc3nccc(N(C)C)c3c2N)cc1. The fourth-order valence-corrected chi connectivity index (χ4v) is 3.49. The van der Waals surface area contributed by atoms with Crippen LogP contribution in [0.5, 0.6) is 5.75 Å². The topological polar surface area (TPSA) is 68.5 Å². The van der Waals surface area contributed by atoms with Crippen LogP contribution in [0.2, 0.25) is 0 Å². The molecule has 0 aliphatic heterocycles. The summed E-state index contributed by atoms with van der Waals surface area (Å²) < 4.78 is 5.12. The number of carbonyl (C=O) groups is 1. The molecule has 0 fully saturated rings. The third-order valence-corrected chi connectivity index (χ3v) is 4.76. The molecule has 2 N–H and O–H groups in total. The molecule has 2 aromatic heterocycles. The van der Waals surface area contributed by atoms with Gasteiger partial charge in [-0.05, 0) is 30.3 Å². The van der Waals surface area contributed by atoms with Crippen molar-refractivity contribution < 1.29 is 9.53 Å². The van der Waals surface area contributed by atoms with Crippen molar-refractivity contribution in [3.8, 4) is 5.75 Å². The summed E-state index contributed by atoms with van der Waals surface area (Å²) in [4.78, 5) is 20.4. The van der Waals surface area contributed by atoms with Crippen LogP contribution in [0.4, 0.5) is 11.4 Å². The zero-order valence-corrected chi connectivity index (χ0v) is 14.0. The highest BCUT2D eigenvalue weighted by Gasteiger charge is 2.21. The highest BCUT2D eigenvalue weighted by Crippen LogP contribution is 2.39. The highest BCUT2D eigenvalue weighted by molar-refractivity contribution is 7.21. The average molecular weight is 327 g/mol. The van der Waals surface area contributed by atoms with Crippen molar-refractivity contribution in [1.29, 1.82) is 0 Å². The standard InChI is InChI=1S/C17H17N3O2S/c1-20(2)12-8-9-19-17-13(12)14(18)16(23-17)15(21)10-4-6-11(22-3)7-5-10/h4-9H,18H2,1-3H3. The molecule has 0 saturated heterocycles. The summed E-state index contributed by atoms with van der Waals surface area (Å²) in [6, 6.07) is 8.91. The van der Waals surface area contributed by atoms with Gasteiger partial charge in [0.15, 0.2) is 0 Å². The molecular formula is C17H17N3O2S. The molecule has 23 heavy (non-hydrogen) atoms. The zero-order chi connectivity index (χ0) is 16.6. The van der Waals surface area contributed by atoms with Crippen LogP contribution in [-0.4, -0.2) is 32.0 Å². The minimum Gasteiger partial charge on any atom is -0.497 e. The van der Waals surface area contributed by atoms with Gasteiger partial charge in [0.1, 0.15) is 15.5 Å². The Kier molecular flexibility index (Phi) is 3.92. The van der Waals surface area contributed by atoms with E-state index >= 15 is 0 Å². The molecule has 0 unspecified atom stereocenters. The number of anilines is 2. The largest absolute Gasteiger partial charge is 0.497 e. The van der Waals surface area contributed by atoms with Crippen LogP contribution < -0.4 is 15.4 Å². The summed E-state index contributed by atoms with van der Waals surface area (Å²) in [6.45, 7) is 0. The van der Waals surface area contributed by atoms with Crippen LogP contribution in [0.15, 0.2) is 36.5 Å². The third kappa shape index (κ3) is 2.61. The van der Waals surface area contributed by atoms with E-state index in [4.69, 9.17) is 10.5 Å². The van der Waals surface area contributed by atoms with E-state index in [1.807, 2.05) is 25.1 Å². The number of methoxy groups -OCH3 is 1. The van der Waals surface area contributed by atoms with E-state index in [0.717, 1.165) is 15.9 Å². The number of nitrogens with zero attached hydrogens (tertiary/aromatic N) is 2. The van der Waals surface area contributed by atoms with Crippen molar-refractivity contribution in [3.63, 3.8) is 0 Å². The maximum absolute atomic E-state index is 12.8. The fraction of sp³-hybridized carbons (Fsp3) is 0.176. The first kappa shape index (κ1) is 15.3. The molecule has 118 valence electrons. The predicted octanol–water partition coefficient (Wildman–Crippen LogP) is 3.18. The number of nitrogen functional groups attached to an aromatic ring is 1. The maximum atomic E-state index is 12.8. The van der Waals surface area contributed by atoms with Gasteiger partial charge in [-0.15, -0.1) is 11.3 Å². The Morgan fingerprint density at radius 2 is 1.91 bits per heavy atom. The van der Waals surface area contributed by atoms with Crippen LogP contribution >= 0.6 is 11.3 Å². The Morgan fingerprint density at radius 3 is 2.52 bits per heavy atom. The summed E-state index contributed by atoms with van der Waals surface area (Å²) in [6.07, 6.45) is 1.73. The van der Waals surface area contributed by atoms with Gasteiger partial charge in [-0.1, -0.05) is 0 Å². The predicted molar refractivity (Wildman–Crippen MR) is 94.8 cm³/mol. The lowest BCUT2D eigenvalue weighted by atomic mass is 10.1. The lowest BCUT2D eigenvalue weighted by Gasteiger charge is -2.13. The molecule has 2 heterocycles. The molecule has 0 bridgehead atoms. The number of rotatable bonds is 4. The van der Waals surface area contributed by atoms with Gasteiger partial charge in [0.25, 0.3) is 0 Å². The van der Waals surface area contributed by atoms with Crippen LogP contribution in [0, 0.1) is 0 Å². The quantitative estimate of drug-likeness (QED) is 0.745. The minimum absolute atomic E-state index is 0.0992. The number of thiophene rings is 1. The second kappa shape index (κ2) is 5.89. The molecule has 0 atom stereocenters. The number of hydrogen-bond donors (Lipinski definition) is 1. The van der Waals surface area contributed by atoms with Gasteiger partial charge in [-0.3, -0.25) is 4.79 Å². The van der Waals surface area contributed by atoms with Gasteiger partial charge in [0.05, 0.1) is 23.9 Å². The molecule has 6 heteroatoms. The summed E-state index contributed by atoms with van der Waals surface area (Å²) in [5, 5.41) is 0.833. The first-order valence-corrected chi connectivity index (χ1v) is 7.87. The number of carbonyl (C=O) groups excluding carboxylic acids is 1. The van der Waals surface area contributed by atoms with E-state index in [9.17, 15) is 4.79 Å². The highest BCUT2D eigenvalue weighted by atomic mass is 32.1. The van der Waals surface area contributed by atoms with Crippen LogP contribution in [0.1, 0.15) is 15.2 Å². The van der Waals surface area contributed by atoms with Gasteiger partial charge in [-0.25, -0.2) is 4.98 Å². The van der Waals surface area contributed by atoms with Crippen molar-refractivity contribution in [2.45, 2.75) is 0 Å². The third-order valence-electron chi connectivity index (χ3n) is 3.65. The number of nitrogens with two attached hydrogens (primary N) is 1. The second-order valence-electron chi connectivity index (χ2n) is 5.31. The van der Waals surface area contributed by atoms with E-state index in [0.29, 0.717) is 21.9 Å². The fourth-order valence-electron chi connectivity index (χ4n) is 2.44. The first-order chi connectivity index (χ1) is 11.0. The van der Waals surface area contributed by atoms with Crippen molar-refractivity contribution in [2.75, 3.05) is 31.8 Å². The van der Waals surface area contributed by atoms with Gasteiger partial charge < -0.3 is 15.4 Å². The van der Waals surface area contributed by atoms with Crippen LogP contribution in [0.3, 0.4) is 0 Å². The van der Waals surface area contributed by atoms with E-state index in [2.05, 4.69) is 4.98 Å². The number of ether oxygens (including phenoxy) is 1. The summed E-state index contributed by atoms with van der Waals surface area (Å²) in [5.41, 5.74) is 8.29. The monoisotopic (exact) mass is 327 g/mol. The summed E-state index contributed by atoms with van der Waals surface area (Å²) in [7, 11) is 5.48.